The molecular weight excluding hydrogens is 310 g/mol. The first kappa shape index (κ1) is 14.1. The molecule has 4 rings (SSSR count). The molecule has 23 heavy (non-hydrogen) atoms. The van der Waals surface area contributed by atoms with Crippen molar-refractivity contribution >= 4 is 22.4 Å². The Labute approximate surface area is 137 Å². The van der Waals surface area contributed by atoms with Crippen LogP contribution in [0.4, 0.5) is 5.13 Å². The minimum Gasteiger partial charge on any atom is -0.298 e. The number of aromatic nitrogens is 4. The molecule has 0 aliphatic heterocycles. The highest BCUT2D eigenvalue weighted by atomic mass is 32.1. The highest BCUT2D eigenvalue weighted by Gasteiger charge is 2.26. The summed E-state index contributed by atoms with van der Waals surface area (Å²) in [7, 11) is 1.83. The molecule has 1 aliphatic carbocycles. The zero-order valence-electron chi connectivity index (χ0n) is 12.6. The number of carbonyl (C=O) groups is 1. The highest BCUT2D eigenvalue weighted by molar-refractivity contribution is 7.14. The van der Waals surface area contributed by atoms with Crippen molar-refractivity contribution in [3.63, 3.8) is 0 Å². The maximum Gasteiger partial charge on any atom is 0.259 e. The summed E-state index contributed by atoms with van der Waals surface area (Å²) in [6.07, 6.45) is 7.62. The lowest BCUT2D eigenvalue weighted by atomic mass is 10.1. The Kier molecular flexibility index (Phi) is 3.42. The molecule has 3 aromatic rings. The van der Waals surface area contributed by atoms with Crippen molar-refractivity contribution in [1.29, 1.82) is 0 Å². The quantitative estimate of drug-likeness (QED) is 0.800. The third-order valence-corrected chi connectivity index (χ3v) is 4.54. The summed E-state index contributed by atoms with van der Waals surface area (Å²) < 4.78 is 1.69. The Balaban J connectivity index is 1.60. The first-order chi connectivity index (χ1) is 11.2. The maximum atomic E-state index is 12.6. The largest absolute Gasteiger partial charge is 0.298 e. The lowest BCUT2D eigenvalue weighted by Crippen LogP contribution is -2.13. The maximum absolute atomic E-state index is 12.6. The van der Waals surface area contributed by atoms with Gasteiger partial charge in [-0.25, -0.2) is 4.98 Å². The van der Waals surface area contributed by atoms with E-state index in [1.165, 1.54) is 24.2 Å². The van der Waals surface area contributed by atoms with Crippen LogP contribution < -0.4 is 5.32 Å². The zero-order chi connectivity index (χ0) is 15.8. The molecule has 6 nitrogen and oxygen atoms in total. The van der Waals surface area contributed by atoms with Crippen LogP contribution in [-0.2, 0) is 7.05 Å². The van der Waals surface area contributed by atoms with Crippen LogP contribution in [0.3, 0.4) is 0 Å². The highest BCUT2D eigenvalue weighted by Crippen LogP contribution is 2.40. The predicted molar refractivity (Wildman–Crippen MR) is 88.5 cm³/mol. The number of thiazole rings is 1. The SMILES string of the molecule is Cn1cc(-c2ncccc2C(=O)Nc2nc(C3CC3)cs2)cn1. The standard InChI is InChI=1S/C16H15N5OS/c1-21-8-11(7-18-21)14-12(3-2-6-17-14)15(22)20-16-19-13(9-23-16)10-4-5-10/h2-3,6-10H,4-5H2,1H3,(H,19,20,22). The van der Waals surface area contributed by atoms with Gasteiger partial charge in [0.05, 0.1) is 23.1 Å². The van der Waals surface area contributed by atoms with Crippen LogP contribution in [-0.4, -0.2) is 25.7 Å². The Morgan fingerprint density at radius 1 is 1.43 bits per heavy atom. The van der Waals surface area contributed by atoms with E-state index in [2.05, 4.69) is 20.4 Å². The van der Waals surface area contributed by atoms with E-state index in [0.717, 1.165) is 11.3 Å². The second-order valence-corrected chi connectivity index (χ2v) is 6.47. The van der Waals surface area contributed by atoms with Gasteiger partial charge in [-0.1, -0.05) is 0 Å². The molecule has 0 bridgehead atoms. The Hall–Kier alpha value is -2.54. The number of hydrogen-bond acceptors (Lipinski definition) is 5. The summed E-state index contributed by atoms with van der Waals surface area (Å²) in [5.41, 5.74) is 3.04. The van der Waals surface area contributed by atoms with Gasteiger partial charge < -0.3 is 0 Å². The van der Waals surface area contributed by atoms with Crippen LogP contribution in [0.15, 0.2) is 36.1 Å². The van der Waals surface area contributed by atoms with Crippen molar-refractivity contribution < 1.29 is 4.79 Å². The number of nitrogens with one attached hydrogen (secondary N) is 1. The van der Waals surface area contributed by atoms with Gasteiger partial charge in [0.2, 0.25) is 0 Å². The van der Waals surface area contributed by atoms with Crippen LogP contribution in [0.2, 0.25) is 0 Å². The molecule has 1 saturated carbocycles. The van der Waals surface area contributed by atoms with Crippen molar-refractivity contribution in [1.82, 2.24) is 19.7 Å². The summed E-state index contributed by atoms with van der Waals surface area (Å²) in [4.78, 5) is 21.4. The Morgan fingerprint density at radius 2 is 2.30 bits per heavy atom. The summed E-state index contributed by atoms with van der Waals surface area (Å²) in [6.45, 7) is 0. The predicted octanol–water partition coefficient (Wildman–Crippen LogP) is 3.07. The van der Waals surface area contributed by atoms with Gasteiger partial charge in [0.15, 0.2) is 5.13 Å². The molecule has 0 saturated heterocycles. The molecule has 0 spiro atoms. The second-order valence-electron chi connectivity index (χ2n) is 5.61. The van der Waals surface area contributed by atoms with Crippen LogP contribution in [0.25, 0.3) is 11.3 Å². The monoisotopic (exact) mass is 325 g/mol. The minimum atomic E-state index is -0.200. The smallest absolute Gasteiger partial charge is 0.259 e. The van der Waals surface area contributed by atoms with Gasteiger partial charge in [-0.2, -0.15) is 5.10 Å². The lowest BCUT2D eigenvalue weighted by molar-refractivity contribution is 0.102. The molecule has 0 unspecified atom stereocenters. The Bertz CT molecular complexity index is 865. The summed E-state index contributed by atoms with van der Waals surface area (Å²) in [5.74, 6) is 0.384. The van der Waals surface area contributed by atoms with Gasteiger partial charge in [-0.15, -0.1) is 11.3 Å². The molecular formula is C16H15N5OS. The number of aryl methyl sites for hydroxylation is 1. The van der Waals surface area contributed by atoms with Crippen LogP contribution in [0.5, 0.6) is 0 Å². The second kappa shape index (κ2) is 5.58. The first-order valence-corrected chi connectivity index (χ1v) is 8.29. The van der Waals surface area contributed by atoms with E-state index in [1.807, 2.05) is 18.6 Å². The first-order valence-electron chi connectivity index (χ1n) is 7.41. The van der Waals surface area contributed by atoms with Gasteiger partial charge in [-0.3, -0.25) is 19.8 Å². The molecule has 116 valence electrons. The minimum absolute atomic E-state index is 0.200. The number of rotatable bonds is 4. The van der Waals surface area contributed by atoms with E-state index < -0.39 is 0 Å². The third-order valence-electron chi connectivity index (χ3n) is 3.77. The number of carbonyl (C=O) groups excluding carboxylic acids is 1. The zero-order valence-corrected chi connectivity index (χ0v) is 13.4. The number of nitrogens with zero attached hydrogens (tertiary/aromatic N) is 4. The molecule has 0 aromatic carbocycles. The topological polar surface area (TPSA) is 72.7 Å². The van der Waals surface area contributed by atoms with E-state index in [4.69, 9.17) is 0 Å². The molecule has 3 aromatic heterocycles. The lowest BCUT2D eigenvalue weighted by Gasteiger charge is -2.06. The Morgan fingerprint density at radius 3 is 3.04 bits per heavy atom. The fourth-order valence-corrected chi connectivity index (χ4v) is 3.22. The van der Waals surface area contributed by atoms with E-state index in [1.54, 1.807) is 29.2 Å². The van der Waals surface area contributed by atoms with Crippen molar-refractivity contribution in [2.75, 3.05) is 5.32 Å². The van der Waals surface area contributed by atoms with E-state index in [-0.39, 0.29) is 5.91 Å². The van der Waals surface area contributed by atoms with Gasteiger partial charge in [0.25, 0.3) is 5.91 Å². The molecule has 1 amide bonds. The van der Waals surface area contributed by atoms with Crippen LogP contribution >= 0.6 is 11.3 Å². The third kappa shape index (κ3) is 2.87. The fraction of sp³-hybridized carbons (Fsp3) is 0.250. The van der Waals surface area contributed by atoms with Crippen LogP contribution in [0, 0.1) is 0 Å². The molecule has 3 heterocycles. The average molecular weight is 325 g/mol. The average Bonchev–Trinajstić information content (AvgIpc) is 3.16. The van der Waals surface area contributed by atoms with E-state index >= 15 is 0 Å². The molecule has 1 N–H and O–H groups in total. The number of anilines is 1. The van der Waals surface area contributed by atoms with Gasteiger partial charge in [-0.05, 0) is 25.0 Å². The van der Waals surface area contributed by atoms with E-state index in [0.29, 0.717) is 22.3 Å². The van der Waals surface area contributed by atoms with Crippen molar-refractivity contribution in [3.8, 4) is 11.3 Å². The molecule has 0 radical (unpaired) electrons. The number of pyridine rings is 1. The fourth-order valence-electron chi connectivity index (χ4n) is 2.44. The summed E-state index contributed by atoms with van der Waals surface area (Å²) in [6, 6.07) is 3.52. The normalized spacial score (nSPS) is 14.0. The van der Waals surface area contributed by atoms with Crippen molar-refractivity contribution in [2.45, 2.75) is 18.8 Å². The summed E-state index contributed by atoms with van der Waals surface area (Å²) >= 11 is 1.47. The molecule has 0 atom stereocenters. The van der Waals surface area contributed by atoms with Crippen LogP contribution in [0.1, 0.15) is 34.8 Å². The molecule has 1 fully saturated rings. The van der Waals surface area contributed by atoms with Gasteiger partial charge in [0, 0.05) is 36.3 Å². The number of amides is 1. The van der Waals surface area contributed by atoms with Gasteiger partial charge in [0.1, 0.15) is 0 Å². The van der Waals surface area contributed by atoms with Crippen molar-refractivity contribution in [2.24, 2.45) is 7.05 Å². The molecule has 1 aliphatic rings. The van der Waals surface area contributed by atoms with Gasteiger partial charge >= 0.3 is 0 Å². The molecule has 7 heteroatoms. The van der Waals surface area contributed by atoms with E-state index in [9.17, 15) is 4.79 Å². The van der Waals surface area contributed by atoms with Crippen molar-refractivity contribution in [3.05, 3.63) is 47.4 Å². The number of hydrogen-bond donors (Lipinski definition) is 1. The summed E-state index contributed by atoms with van der Waals surface area (Å²) in [5, 5.41) is 9.68.